The highest BCUT2D eigenvalue weighted by Crippen LogP contribution is 2.45. The van der Waals surface area contributed by atoms with Gasteiger partial charge in [0.25, 0.3) is 0 Å². The molecule has 0 saturated carbocycles. The molecule has 104 valence electrons. The smallest absolute Gasteiger partial charge is 0.223 e. The first-order valence-corrected chi connectivity index (χ1v) is 7.13. The molecule has 2 aliphatic rings. The van der Waals surface area contributed by atoms with Gasteiger partial charge < -0.3 is 14.6 Å². The van der Waals surface area contributed by atoms with Crippen molar-refractivity contribution >= 4 is 16.8 Å². The van der Waals surface area contributed by atoms with Crippen LogP contribution < -0.4 is 4.74 Å². The van der Waals surface area contributed by atoms with E-state index in [1.165, 1.54) is 16.6 Å². The Balaban J connectivity index is 1.94. The third-order valence-electron chi connectivity index (χ3n) is 4.96. The Kier molecular flexibility index (Phi) is 2.23. The Bertz CT molecular complexity index is 719. The predicted octanol–water partition coefficient (Wildman–Crippen LogP) is 2.57. The van der Waals surface area contributed by atoms with Crippen LogP contribution in [0.15, 0.2) is 18.2 Å². The second-order valence-corrected chi connectivity index (χ2v) is 5.96. The fraction of sp³-hybridized carbons (Fsp3) is 0.438. The Morgan fingerprint density at radius 1 is 1.35 bits per heavy atom. The molecule has 0 bridgehead atoms. The van der Waals surface area contributed by atoms with Crippen LogP contribution in [0.4, 0.5) is 0 Å². The maximum Gasteiger partial charge on any atom is 0.223 e. The van der Waals surface area contributed by atoms with Gasteiger partial charge in [0, 0.05) is 35.6 Å². The van der Waals surface area contributed by atoms with E-state index in [0.717, 1.165) is 30.7 Å². The molecule has 1 atom stereocenters. The van der Waals surface area contributed by atoms with Crippen molar-refractivity contribution in [1.82, 2.24) is 9.88 Å². The zero-order valence-corrected chi connectivity index (χ0v) is 11.8. The van der Waals surface area contributed by atoms with Gasteiger partial charge in [0.2, 0.25) is 5.91 Å². The molecule has 1 amide bonds. The van der Waals surface area contributed by atoms with Crippen molar-refractivity contribution in [2.24, 2.45) is 0 Å². The van der Waals surface area contributed by atoms with Gasteiger partial charge >= 0.3 is 0 Å². The molecule has 0 spiro atoms. The summed E-state index contributed by atoms with van der Waals surface area (Å²) >= 11 is 0. The van der Waals surface area contributed by atoms with Crippen LogP contribution in [0.3, 0.4) is 0 Å². The number of amides is 1. The van der Waals surface area contributed by atoms with Crippen LogP contribution in [0.5, 0.6) is 5.75 Å². The van der Waals surface area contributed by atoms with Gasteiger partial charge in [-0.25, -0.2) is 0 Å². The highest BCUT2D eigenvalue weighted by Gasteiger charge is 2.47. The molecule has 20 heavy (non-hydrogen) atoms. The van der Waals surface area contributed by atoms with E-state index in [0.29, 0.717) is 6.42 Å². The molecule has 1 unspecified atom stereocenters. The number of nitrogens with one attached hydrogen (secondary N) is 1. The number of hydrogen-bond donors (Lipinski definition) is 1. The molecule has 4 rings (SSSR count). The number of carbonyl (C=O) groups is 1. The molecule has 1 fully saturated rings. The van der Waals surface area contributed by atoms with Gasteiger partial charge in [-0.1, -0.05) is 0 Å². The Labute approximate surface area is 117 Å². The zero-order chi connectivity index (χ0) is 13.9. The monoisotopic (exact) mass is 270 g/mol. The molecule has 0 radical (unpaired) electrons. The van der Waals surface area contributed by atoms with Crippen molar-refractivity contribution in [3.63, 3.8) is 0 Å². The molecule has 1 aromatic heterocycles. The third kappa shape index (κ3) is 1.34. The molecular formula is C16H18N2O2. The topological polar surface area (TPSA) is 45.3 Å². The maximum absolute atomic E-state index is 12.0. The van der Waals surface area contributed by atoms with E-state index in [-0.39, 0.29) is 11.4 Å². The average Bonchev–Trinajstić information content (AvgIpc) is 2.97. The summed E-state index contributed by atoms with van der Waals surface area (Å²) in [6.07, 6.45) is 2.50. The van der Waals surface area contributed by atoms with Crippen molar-refractivity contribution in [1.29, 1.82) is 0 Å². The lowest BCUT2D eigenvalue weighted by molar-refractivity contribution is -0.131. The molecular weight excluding hydrogens is 252 g/mol. The van der Waals surface area contributed by atoms with Gasteiger partial charge in [0.05, 0.1) is 12.6 Å². The van der Waals surface area contributed by atoms with E-state index in [9.17, 15) is 4.79 Å². The average molecular weight is 270 g/mol. The second-order valence-electron chi connectivity index (χ2n) is 5.96. The number of carbonyl (C=O) groups excluding carboxylic acids is 1. The highest BCUT2D eigenvalue weighted by molar-refractivity contribution is 5.88. The van der Waals surface area contributed by atoms with E-state index in [4.69, 9.17) is 4.74 Å². The lowest BCUT2D eigenvalue weighted by atomic mass is 9.86. The summed E-state index contributed by atoms with van der Waals surface area (Å²) in [6.45, 7) is 3.02. The molecule has 2 aromatic rings. The minimum Gasteiger partial charge on any atom is -0.497 e. The van der Waals surface area contributed by atoms with E-state index in [1.807, 2.05) is 17.0 Å². The van der Waals surface area contributed by atoms with E-state index >= 15 is 0 Å². The molecule has 4 heteroatoms. The Morgan fingerprint density at radius 2 is 2.20 bits per heavy atom. The summed E-state index contributed by atoms with van der Waals surface area (Å²) in [5, 5.41) is 1.26. The molecule has 1 aromatic carbocycles. The Morgan fingerprint density at radius 3 is 3.00 bits per heavy atom. The minimum atomic E-state index is -0.156. The summed E-state index contributed by atoms with van der Waals surface area (Å²) in [5.74, 6) is 1.15. The first kappa shape index (κ1) is 11.8. The van der Waals surface area contributed by atoms with Gasteiger partial charge in [0.15, 0.2) is 0 Å². The summed E-state index contributed by atoms with van der Waals surface area (Å²) in [5.41, 5.74) is 3.54. The number of rotatable bonds is 1. The van der Waals surface area contributed by atoms with Crippen LogP contribution in [0.1, 0.15) is 31.0 Å². The number of aromatic amines is 1. The number of methoxy groups -OCH3 is 1. The predicted molar refractivity (Wildman–Crippen MR) is 76.9 cm³/mol. The van der Waals surface area contributed by atoms with Crippen LogP contribution in [-0.2, 0) is 16.8 Å². The first-order chi connectivity index (χ1) is 9.63. The third-order valence-corrected chi connectivity index (χ3v) is 4.96. The number of hydrogen-bond acceptors (Lipinski definition) is 2. The number of benzene rings is 1. The van der Waals surface area contributed by atoms with Crippen molar-refractivity contribution < 1.29 is 9.53 Å². The lowest BCUT2D eigenvalue weighted by Crippen LogP contribution is -2.46. The molecule has 1 saturated heterocycles. The quantitative estimate of drug-likeness (QED) is 0.865. The van der Waals surface area contributed by atoms with Crippen molar-refractivity contribution in [2.45, 2.75) is 31.7 Å². The van der Waals surface area contributed by atoms with E-state index in [1.54, 1.807) is 7.11 Å². The largest absolute Gasteiger partial charge is 0.497 e. The first-order valence-electron chi connectivity index (χ1n) is 7.13. The number of H-pyrrole nitrogens is 1. The fourth-order valence-corrected chi connectivity index (χ4v) is 3.83. The van der Waals surface area contributed by atoms with E-state index in [2.05, 4.69) is 18.0 Å². The van der Waals surface area contributed by atoms with E-state index < -0.39 is 0 Å². The van der Waals surface area contributed by atoms with Gasteiger partial charge in [-0.05, 0) is 37.5 Å². The molecule has 3 heterocycles. The minimum absolute atomic E-state index is 0.156. The zero-order valence-electron chi connectivity index (χ0n) is 11.8. The summed E-state index contributed by atoms with van der Waals surface area (Å²) in [4.78, 5) is 17.6. The Hall–Kier alpha value is -1.97. The van der Waals surface area contributed by atoms with Crippen LogP contribution in [0, 0.1) is 0 Å². The molecule has 1 N–H and O–H groups in total. The van der Waals surface area contributed by atoms with Gasteiger partial charge in [-0.2, -0.15) is 0 Å². The standard InChI is InChI=1S/C16H18N2O2/c1-16-7-5-14(19)18(16)8-6-12-11-4-3-10(20-2)9-13(11)17-15(12)16/h3-4,9,17H,5-8H2,1-2H3. The van der Waals surface area contributed by atoms with Crippen molar-refractivity contribution in [3.8, 4) is 5.75 Å². The molecule has 4 nitrogen and oxygen atoms in total. The summed E-state index contributed by atoms with van der Waals surface area (Å²) in [7, 11) is 1.68. The van der Waals surface area contributed by atoms with Crippen molar-refractivity contribution in [3.05, 3.63) is 29.5 Å². The SMILES string of the molecule is COc1ccc2c3c([nH]c2c1)C1(C)CCC(=O)N1CC3. The van der Waals surface area contributed by atoms with Gasteiger partial charge in [0.1, 0.15) is 5.75 Å². The molecule has 2 aliphatic heterocycles. The maximum atomic E-state index is 12.0. The fourth-order valence-electron chi connectivity index (χ4n) is 3.83. The number of fused-ring (bicyclic) bond motifs is 5. The van der Waals surface area contributed by atoms with Gasteiger partial charge in [-0.15, -0.1) is 0 Å². The number of aromatic nitrogens is 1. The number of ether oxygens (including phenoxy) is 1. The second kappa shape index (κ2) is 3.78. The summed E-state index contributed by atoms with van der Waals surface area (Å²) in [6, 6.07) is 6.17. The molecule has 0 aliphatic carbocycles. The van der Waals surface area contributed by atoms with Crippen LogP contribution in [0.2, 0.25) is 0 Å². The van der Waals surface area contributed by atoms with Crippen LogP contribution >= 0.6 is 0 Å². The van der Waals surface area contributed by atoms with Crippen LogP contribution in [-0.4, -0.2) is 29.4 Å². The van der Waals surface area contributed by atoms with Crippen molar-refractivity contribution in [2.75, 3.05) is 13.7 Å². The highest BCUT2D eigenvalue weighted by atomic mass is 16.5. The number of nitrogens with zero attached hydrogens (tertiary/aromatic N) is 1. The lowest BCUT2D eigenvalue weighted by Gasteiger charge is -2.39. The van der Waals surface area contributed by atoms with Crippen LogP contribution in [0.25, 0.3) is 10.9 Å². The van der Waals surface area contributed by atoms with Gasteiger partial charge in [-0.3, -0.25) is 4.79 Å². The summed E-state index contributed by atoms with van der Waals surface area (Å²) < 4.78 is 5.30. The normalized spacial score (nSPS) is 24.9.